The fourth-order valence-corrected chi connectivity index (χ4v) is 3.10. The third kappa shape index (κ3) is 4.62. The number of benzene rings is 3. The molecule has 3 aromatic rings. The molecule has 3 aromatic carbocycles. The zero-order chi connectivity index (χ0) is 20.8. The quantitative estimate of drug-likeness (QED) is 0.367. The monoisotopic (exact) mass is 388 g/mol. The van der Waals surface area contributed by atoms with Crippen molar-refractivity contribution >= 4 is 17.8 Å². The number of nitrogens with two attached hydrogens (primary N) is 2. The van der Waals surface area contributed by atoms with Gasteiger partial charge in [0.05, 0.1) is 13.2 Å². The molecule has 0 aliphatic carbocycles. The molecule has 3 rings (SSSR count). The van der Waals surface area contributed by atoms with Crippen molar-refractivity contribution in [2.75, 3.05) is 19.4 Å². The number of nitrogens with one attached hydrogen (secondary N) is 2. The highest BCUT2D eigenvalue weighted by Gasteiger charge is 2.15. The third-order valence-electron chi connectivity index (χ3n) is 4.74. The van der Waals surface area contributed by atoms with Gasteiger partial charge in [-0.05, 0) is 53.1 Å². The predicted molar refractivity (Wildman–Crippen MR) is 116 cm³/mol. The summed E-state index contributed by atoms with van der Waals surface area (Å²) in [6, 6.07) is 19.9. The number of anilines is 1. The minimum atomic E-state index is -0.331. The number of carbonyl (C=O) groups excluding carboxylic acids is 1. The van der Waals surface area contributed by atoms with Crippen LogP contribution in [0.3, 0.4) is 0 Å². The molecule has 0 saturated carbocycles. The van der Waals surface area contributed by atoms with E-state index in [2.05, 4.69) is 5.32 Å². The summed E-state index contributed by atoms with van der Waals surface area (Å²) >= 11 is 0. The Morgan fingerprint density at radius 3 is 2.59 bits per heavy atom. The lowest BCUT2D eigenvalue weighted by Gasteiger charge is -2.18. The molecule has 0 radical (unpaired) electrons. The first-order valence-corrected chi connectivity index (χ1v) is 9.21. The van der Waals surface area contributed by atoms with E-state index in [1.165, 1.54) is 6.21 Å². The summed E-state index contributed by atoms with van der Waals surface area (Å²) in [5.41, 5.74) is 16.1. The van der Waals surface area contributed by atoms with Crippen LogP contribution in [-0.2, 0) is 0 Å². The Balaban J connectivity index is 1.84. The largest absolute Gasteiger partial charge is 0.497 e. The number of amides is 1. The first-order valence-electron chi connectivity index (χ1n) is 9.21. The first kappa shape index (κ1) is 20.1. The molecule has 1 amide bonds. The molecule has 6 heteroatoms. The SMILES string of the molecule is COc1cccc(C(CN)NC(=O)c2cccc(-c3ccc(N)c(C=N)c3)c2)c1. The van der Waals surface area contributed by atoms with Crippen LogP contribution in [0.1, 0.15) is 27.5 Å². The van der Waals surface area contributed by atoms with E-state index < -0.39 is 0 Å². The Morgan fingerprint density at radius 2 is 1.86 bits per heavy atom. The maximum atomic E-state index is 12.8. The topological polar surface area (TPSA) is 114 Å². The number of rotatable bonds is 7. The van der Waals surface area contributed by atoms with Crippen LogP contribution in [0.2, 0.25) is 0 Å². The van der Waals surface area contributed by atoms with Crippen molar-refractivity contribution in [3.8, 4) is 16.9 Å². The fraction of sp³-hybridized carbons (Fsp3) is 0.130. The van der Waals surface area contributed by atoms with Crippen LogP contribution in [0.25, 0.3) is 11.1 Å². The number of hydrogen-bond donors (Lipinski definition) is 4. The van der Waals surface area contributed by atoms with Gasteiger partial charge < -0.3 is 26.9 Å². The predicted octanol–water partition coefficient (Wildman–Crippen LogP) is 3.37. The summed E-state index contributed by atoms with van der Waals surface area (Å²) in [6.45, 7) is 0.263. The van der Waals surface area contributed by atoms with E-state index in [1.54, 1.807) is 19.2 Å². The lowest BCUT2D eigenvalue weighted by Crippen LogP contribution is -2.33. The van der Waals surface area contributed by atoms with Crippen molar-refractivity contribution in [3.63, 3.8) is 0 Å². The highest BCUT2D eigenvalue weighted by Crippen LogP contribution is 2.25. The van der Waals surface area contributed by atoms with Crippen LogP contribution in [-0.4, -0.2) is 25.8 Å². The van der Waals surface area contributed by atoms with Gasteiger partial charge in [-0.3, -0.25) is 4.79 Å². The maximum Gasteiger partial charge on any atom is 0.251 e. The molecule has 6 N–H and O–H groups in total. The fourth-order valence-electron chi connectivity index (χ4n) is 3.10. The Bertz CT molecular complexity index is 1030. The summed E-state index contributed by atoms with van der Waals surface area (Å²) in [6.07, 6.45) is 1.22. The van der Waals surface area contributed by atoms with Crippen molar-refractivity contribution in [1.82, 2.24) is 5.32 Å². The van der Waals surface area contributed by atoms with Gasteiger partial charge in [-0.25, -0.2) is 0 Å². The van der Waals surface area contributed by atoms with E-state index in [-0.39, 0.29) is 18.5 Å². The van der Waals surface area contributed by atoms with E-state index >= 15 is 0 Å². The minimum absolute atomic E-state index is 0.215. The van der Waals surface area contributed by atoms with Crippen LogP contribution in [0.5, 0.6) is 5.75 Å². The average Bonchev–Trinajstić information content (AvgIpc) is 2.77. The Kier molecular flexibility index (Phi) is 6.26. The van der Waals surface area contributed by atoms with Crippen LogP contribution >= 0.6 is 0 Å². The summed E-state index contributed by atoms with van der Waals surface area (Å²) in [7, 11) is 1.60. The number of ether oxygens (including phenoxy) is 1. The number of methoxy groups -OCH3 is 1. The van der Waals surface area contributed by atoms with E-state index in [9.17, 15) is 4.79 Å². The Labute approximate surface area is 170 Å². The van der Waals surface area contributed by atoms with Crippen LogP contribution in [0.4, 0.5) is 5.69 Å². The van der Waals surface area contributed by atoms with Gasteiger partial charge >= 0.3 is 0 Å². The molecule has 0 aliphatic heterocycles. The van der Waals surface area contributed by atoms with Crippen molar-refractivity contribution in [3.05, 3.63) is 83.4 Å². The second-order valence-electron chi connectivity index (χ2n) is 6.61. The summed E-state index contributed by atoms with van der Waals surface area (Å²) in [5, 5.41) is 10.5. The summed E-state index contributed by atoms with van der Waals surface area (Å²) in [4.78, 5) is 12.8. The second-order valence-corrected chi connectivity index (χ2v) is 6.61. The highest BCUT2D eigenvalue weighted by molar-refractivity contribution is 5.96. The lowest BCUT2D eigenvalue weighted by molar-refractivity contribution is 0.0938. The van der Waals surface area contributed by atoms with Gasteiger partial charge in [-0.1, -0.05) is 30.3 Å². The zero-order valence-corrected chi connectivity index (χ0v) is 16.2. The van der Waals surface area contributed by atoms with E-state index in [0.29, 0.717) is 22.6 Å². The van der Waals surface area contributed by atoms with Gasteiger partial charge in [-0.15, -0.1) is 0 Å². The molecule has 6 nitrogen and oxygen atoms in total. The Hall–Kier alpha value is -3.64. The van der Waals surface area contributed by atoms with Gasteiger partial charge in [-0.2, -0.15) is 0 Å². The lowest BCUT2D eigenvalue weighted by atomic mass is 9.99. The molecule has 0 heterocycles. The Morgan fingerprint density at radius 1 is 1.10 bits per heavy atom. The number of carbonyl (C=O) groups is 1. The summed E-state index contributed by atoms with van der Waals surface area (Å²) < 4.78 is 5.25. The molecule has 148 valence electrons. The van der Waals surface area contributed by atoms with Gasteiger partial charge in [0.25, 0.3) is 5.91 Å². The smallest absolute Gasteiger partial charge is 0.251 e. The van der Waals surface area contributed by atoms with Gasteiger partial charge in [0.1, 0.15) is 5.75 Å². The molecule has 0 aliphatic rings. The van der Waals surface area contributed by atoms with E-state index in [0.717, 1.165) is 16.7 Å². The third-order valence-corrected chi connectivity index (χ3v) is 4.74. The highest BCUT2D eigenvalue weighted by atomic mass is 16.5. The van der Waals surface area contributed by atoms with Crippen LogP contribution < -0.4 is 21.5 Å². The molecule has 0 bridgehead atoms. The molecule has 1 atom stereocenters. The van der Waals surface area contributed by atoms with E-state index in [1.807, 2.05) is 54.6 Å². The zero-order valence-electron chi connectivity index (χ0n) is 16.2. The van der Waals surface area contributed by atoms with Crippen LogP contribution in [0, 0.1) is 5.41 Å². The first-order chi connectivity index (χ1) is 14.0. The van der Waals surface area contributed by atoms with Gasteiger partial charge in [0.2, 0.25) is 0 Å². The molecule has 0 aromatic heterocycles. The number of nitrogen functional groups attached to an aromatic ring is 1. The molecule has 0 saturated heterocycles. The summed E-state index contributed by atoms with van der Waals surface area (Å²) in [5.74, 6) is 0.496. The molecule has 1 unspecified atom stereocenters. The van der Waals surface area contributed by atoms with Gasteiger partial charge in [0, 0.05) is 29.6 Å². The van der Waals surface area contributed by atoms with Crippen molar-refractivity contribution in [2.24, 2.45) is 5.73 Å². The van der Waals surface area contributed by atoms with Crippen LogP contribution in [0.15, 0.2) is 66.7 Å². The van der Waals surface area contributed by atoms with Crippen molar-refractivity contribution in [2.45, 2.75) is 6.04 Å². The number of hydrogen-bond acceptors (Lipinski definition) is 5. The average molecular weight is 388 g/mol. The normalized spacial score (nSPS) is 11.5. The molecule has 29 heavy (non-hydrogen) atoms. The molecule has 0 spiro atoms. The minimum Gasteiger partial charge on any atom is -0.497 e. The van der Waals surface area contributed by atoms with Crippen molar-refractivity contribution in [1.29, 1.82) is 5.41 Å². The standard InChI is InChI=1S/C23H24N4O2/c1-29-20-7-3-5-17(12-20)22(14-25)27-23(28)18-6-2-4-15(10-18)16-8-9-21(26)19(11-16)13-24/h2-13,22,24H,14,25-26H2,1H3,(H,27,28). The molecule has 0 fully saturated rings. The second kappa shape index (κ2) is 9.03. The maximum absolute atomic E-state index is 12.8. The molecular weight excluding hydrogens is 364 g/mol. The molecular formula is C23H24N4O2. The van der Waals surface area contributed by atoms with E-state index in [4.69, 9.17) is 21.6 Å². The van der Waals surface area contributed by atoms with Crippen molar-refractivity contribution < 1.29 is 9.53 Å². The van der Waals surface area contributed by atoms with Gasteiger partial charge in [0.15, 0.2) is 0 Å².